The van der Waals surface area contributed by atoms with Gasteiger partial charge in [0.2, 0.25) is 5.95 Å². The number of hydrogen-bond donors (Lipinski definition) is 2. The molecule has 3 N–H and O–H groups in total. The molecule has 31 heavy (non-hydrogen) atoms. The Morgan fingerprint density at radius 3 is 2.74 bits per heavy atom. The van der Waals surface area contributed by atoms with Gasteiger partial charge < -0.3 is 15.6 Å². The van der Waals surface area contributed by atoms with Crippen LogP contribution in [-0.2, 0) is 6.54 Å². The van der Waals surface area contributed by atoms with Crippen LogP contribution in [-0.4, -0.2) is 47.6 Å². The molecule has 0 aliphatic heterocycles. The molecule has 1 aliphatic carbocycles. The van der Waals surface area contributed by atoms with E-state index in [4.69, 9.17) is 5.73 Å². The van der Waals surface area contributed by atoms with E-state index in [1.807, 2.05) is 18.3 Å². The molecule has 162 valence electrons. The third-order valence-corrected chi connectivity index (χ3v) is 5.95. The monoisotopic (exact) mass is 426 g/mol. The van der Waals surface area contributed by atoms with Crippen molar-refractivity contribution in [3.8, 4) is 11.1 Å². The van der Waals surface area contributed by atoms with Crippen LogP contribution in [0.25, 0.3) is 27.8 Å². The van der Waals surface area contributed by atoms with Gasteiger partial charge in [0.25, 0.3) is 6.43 Å². The Bertz CT molecular complexity index is 1220. The van der Waals surface area contributed by atoms with Crippen LogP contribution in [0.5, 0.6) is 0 Å². The molecule has 10 heteroatoms. The molecular weight excluding hydrogens is 402 g/mol. The van der Waals surface area contributed by atoms with Gasteiger partial charge in [0, 0.05) is 35.6 Å². The molecule has 0 amide bonds. The van der Waals surface area contributed by atoms with Gasteiger partial charge in [0.05, 0.1) is 23.8 Å². The summed E-state index contributed by atoms with van der Waals surface area (Å²) in [5.74, 6) is 1.10. The van der Waals surface area contributed by atoms with Crippen LogP contribution >= 0.6 is 0 Å². The summed E-state index contributed by atoms with van der Waals surface area (Å²) in [7, 11) is 0. The van der Waals surface area contributed by atoms with Crippen molar-refractivity contribution in [2.75, 3.05) is 5.32 Å². The fourth-order valence-electron chi connectivity index (χ4n) is 4.29. The van der Waals surface area contributed by atoms with E-state index in [-0.39, 0.29) is 0 Å². The SMILES string of the molecule is Cc1nc2ncc(-c3ccn4nc(NC5CCC(N)CC5)ncc34)cc2n1CC(F)F. The first-order valence-corrected chi connectivity index (χ1v) is 10.5. The van der Waals surface area contributed by atoms with Gasteiger partial charge in [0.1, 0.15) is 5.82 Å². The molecule has 0 atom stereocenters. The van der Waals surface area contributed by atoms with E-state index in [2.05, 4.69) is 25.4 Å². The molecule has 4 heterocycles. The smallest absolute Gasteiger partial charge is 0.256 e. The lowest BCUT2D eigenvalue weighted by molar-refractivity contribution is 0.127. The first-order valence-electron chi connectivity index (χ1n) is 10.5. The third-order valence-electron chi connectivity index (χ3n) is 5.95. The normalized spacial score (nSPS) is 19.5. The summed E-state index contributed by atoms with van der Waals surface area (Å²) < 4.78 is 29.3. The number of anilines is 1. The van der Waals surface area contributed by atoms with Crippen LogP contribution in [0.4, 0.5) is 14.7 Å². The number of halogens is 2. The number of nitrogens with one attached hydrogen (secondary N) is 1. The van der Waals surface area contributed by atoms with E-state index in [1.165, 1.54) is 4.57 Å². The number of aromatic nitrogens is 6. The Kier molecular flexibility index (Phi) is 5.01. The number of imidazole rings is 1. The molecule has 1 aliphatic rings. The minimum absolute atomic E-state index is 0.292. The summed E-state index contributed by atoms with van der Waals surface area (Å²) in [5, 5.41) is 7.99. The quantitative estimate of drug-likeness (QED) is 0.508. The summed E-state index contributed by atoms with van der Waals surface area (Å²) in [6.45, 7) is 1.30. The Hall–Kier alpha value is -3.14. The predicted octanol–water partition coefficient (Wildman–Crippen LogP) is 3.40. The van der Waals surface area contributed by atoms with Crippen LogP contribution in [0, 0.1) is 6.92 Å². The van der Waals surface area contributed by atoms with Crippen molar-refractivity contribution in [3.05, 3.63) is 36.5 Å². The van der Waals surface area contributed by atoms with E-state index in [0.717, 1.165) is 42.3 Å². The van der Waals surface area contributed by atoms with Gasteiger partial charge >= 0.3 is 0 Å². The summed E-state index contributed by atoms with van der Waals surface area (Å²) >= 11 is 0. The predicted molar refractivity (Wildman–Crippen MR) is 114 cm³/mol. The van der Waals surface area contributed by atoms with Gasteiger partial charge in [-0.15, -0.1) is 5.10 Å². The van der Waals surface area contributed by atoms with Gasteiger partial charge in [-0.3, -0.25) is 0 Å². The maximum absolute atomic E-state index is 13.0. The van der Waals surface area contributed by atoms with E-state index in [0.29, 0.717) is 35.0 Å². The van der Waals surface area contributed by atoms with Crippen molar-refractivity contribution in [3.63, 3.8) is 0 Å². The van der Waals surface area contributed by atoms with E-state index in [9.17, 15) is 8.78 Å². The summed E-state index contributed by atoms with van der Waals surface area (Å²) in [6, 6.07) is 4.39. The van der Waals surface area contributed by atoms with Gasteiger partial charge in [-0.05, 0) is 44.7 Å². The first-order chi connectivity index (χ1) is 15.0. The molecule has 0 aromatic carbocycles. The zero-order valence-electron chi connectivity index (χ0n) is 17.2. The average Bonchev–Trinajstić information content (AvgIpc) is 3.30. The zero-order valence-corrected chi connectivity index (χ0v) is 17.2. The van der Waals surface area contributed by atoms with Crippen LogP contribution in [0.15, 0.2) is 30.7 Å². The molecule has 0 radical (unpaired) electrons. The van der Waals surface area contributed by atoms with Crippen molar-refractivity contribution in [1.82, 2.24) is 29.1 Å². The highest BCUT2D eigenvalue weighted by Crippen LogP contribution is 2.28. The molecule has 1 fully saturated rings. The molecule has 0 saturated heterocycles. The molecule has 4 aromatic heterocycles. The molecule has 0 bridgehead atoms. The maximum atomic E-state index is 13.0. The number of alkyl halides is 2. The number of hydrogen-bond acceptors (Lipinski definition) is 6. The highest BCUT2D eigenvalue weighted by atomic mass is 19.3. The molecular formula is C21H24F2N8. The molecule has 5 rings (SSSR count). The molecule has 0 unspecified atom stereocenters. The fraction of sp³-hybridized carbons (Fsp3) is 0.429. The minimum Gasteiger partial charge on any atom is -0.350 e. The van der Waals surface area contributed by atoms with Gasteiger partial charge in [-0.25, -0.2) is 28.2 Å². The van der Waals surface area contributed by atoms with Crippen molar-refractivity contribution in [2.24, 2.45) is 5.73 Å². The largest absolute Gasteiger partial charge is 0.350 e. The number of nitrogens with two attached hydrogens (primary N) is 1. The Morgan fingerprint density at radius 1 is 1.16 bits per heavy atom. The van der Waals surface area contributed by atoms with Gasteiger partial charge in [0.15, 0.2) is 5.65 Å². The zero-order chi connectivity index (χ0) is 21.5. The summed E-state index contributed by atoms with van der Waals surface area (Å²) in [5.41, 5.74) is 9.52. The average molecular weight is 426 g/mol. The van der Waals surface area contributed by atoms with E-state index >= 15 is 0 Å². The topological polar surface area (TPSA) is 98.9 Å². The lowest BCUT2D eigenvalue weighted by atomic mass is 9.92. The molecule has 1 saturated carbocycles. The van der Waals surface area contributed by atoms with E-state index < -0.39 is 13.0 Å². The molecule has 8 nitrogen and oxygen atoms in total. The Labute approximate surface area is 177 Å². The Morgan fingerprint density at radius 2 is 1.97 bits per heavy atom. The number of pyridine rings is 1. The molecule has 4 aromatic rings. The van der Waals surface area contributed by atoms with Crippen LogP contribution < -0.4 is 11.1 Å². The van der Waals surface area contributed by atoms with Crippen LogP contribution in [0.3, 0.4) is 0 Å². The van der Waals surface area contributed by atoms with Gasteiger partial charge in [-0.2, -0.15) is 0 Å². The number of aryl methyl sites for hydroxylation is 1. The second-order valence-electron chi connectivity index (χ2n) is 8.12. The summed E-state index contributed by atoms with van der Waals surface area (Å²) in [4.78, 5) is 13.2. The highest BCUT2D eigenvalue weighted by Gasteiger charge is 2.20. The number of fused-ring (bicyclic) bond motifs is 2. The third kappa shape index (κ3) is 3.83. The lowest BCUT2D eigenvalue weighted by Gasteiger charge is -2.26. The van der Waals surface area contributed by atoms with Crippen LogP contribution in [0.1, 0.15) is 31.5 Å². The van der Waals surface area contributed by atoms with Crippen LogP contribution in [0.2, 0.25) is 0 Å². The van der Waals surface area contributed by atoms with Crippen molar-refractivity contribution >= 4 is 22.6 Å². The molecule has 0 spiro atoms. The highest BCUT2D eigenvalue weighted by molar-refractivity contribution is 5.85. The minimum atomic E-state index is -2.46. The maximum Gasteiger partial charge on any atom is 0.256 e. The standard InChI is InChI=1S/C21H24F2N8/c1-12-27-20-17(30(12)11-19(22)23)8-13(9-25-20)16-6-7-31-18(16)10-26-21(29-31)28-15-4-2-14(24)3-5-15/h6-10,14-15,19H,2-5,11,24H2,1H3,(H,28,29). The lowest BCUT2D eigenvalue weighted by Crippen LogP contribution is -2.33. The van der Waals surface area contributed by atoms with E-state index in [1.54, 1.807) is 23.8 Å². The summed E-state index contributed by atoms with van der Waals surface area (Å²) in [6.07, 6.45) is 6.90. The fourth-order valence-corrected chi connectivity index (χ4v) is 4.29. The Balaban J connectivity index is 1.45. The number of rotatable bonds is 5. The van der Waals surface area contributed by atoms with Crippen molar-refractivity contribution < 1.29 is 8.78 Å². The van der Waals surface area contributed by atoms with Crippen molar-refractivity contribution in [2.45, 2.75) is 57.7 Å². The van der Waals surface area contributed by atoms with Crippen molar-refractivity contribution in [1.29, 1.82) is 0 Å². The second-order valence-corrected chi connectivity index (χ2v) is 8.12. The van der Waals surface area contributed by atoms with Gasteiger partial charge in [-0.1, -0.05) is 0 Å². The number of nitrogens with zero attached hydrogens (tertiary/aromatic N) is 6. The first kappa shape index (κ1) is 19.8. The second kappa shape index (κ2) is 7.84.